The summed E-state index contributed by atoms with van der Waals surface area (Å²) in [4.78, 5) is 12.7. The molecule has 1 fully saturated rings. The molecule has 0 radical (unpaired) electrons. The van der Waals surface area contributed by atoms with E-state index in [1.54, 1.807) is 20.8 Å². The smallest absolute Gasteiger partial charge is 0.410 e. The highest BCUT2D eigenvalue weighted by Crippen LogP contribution is 2.28. The zero-order valence-electron chi connectivity index (χ0n) is 10.6. The van der Waals surface area contributed by atoms with Gasteiger partial charge in [0, 0.05) is 13.0 Å². The second-order valence-corrected chi connectivity index (χ2v) is 6.85. The largest absolute Gasteiger partial charge is 0.444 e. The molecule has 0 N–H and O–H groups in total. The SMILES string of the molecule is CC(C)(C)OC(=O)N1CCC(F)(CS(=O)(=O)F)C1. The van der Waals surface area contributed by atoms with Crippen molar-refractivity contribution in [3.05, 3.63) is 0 Å². The van der Waals surface area contributed by atoms with Gasteiger partial charge in [-0.05, 0) is 20.8 Å². The third-order valence-electron chi connectivity index (χ3n) is 2.39. The van der Waals surface area contributed by atoms with Crippen molar-refractivity contribution in [2.24, 2.45) is 0 Å². The van der Waals surface area contributed by atoms with Crippen LogP contribution in [0.25, 0.3) is 0 Å². The van der Waals surface area contributed by atoms with Crippen LogP contribution in [0.4, 0.5) is 13.1 Å². The fourth-order valence-electron chi connectivity index (χ4n) is 1.74. The predicted molar refractivity (Wildman–Crippen MR) is 61.2 cm³/mol. The molecule has 0 aromatic rings. The molecular formula is C10H17F2NO4S. The minimum Gasteiger partial charge on any atom is -0.444 e. The van der Waals surface area contributed by atoms with Crippen LogP contribution in [-0.2, 0) is 15.0 Å². The summed E-state index contributed by atoms with van der Waals surface area (Å²) in [5.41, 5.74) is -2.95. The van der Waals surface area contributed by atoms with E-state index >= 15 is 0 Å². The van der Waals surface area contributed by atoms with Gasteiger partial charge < -0.3 is 9.64 Å². The topological polar surface area (TPSA) is 63.7 Å². The maximum Gasteiger partial charge on any atom is 0.410 e. The molecule has 1 aliphatic rings. The number of ether oxygens (including phenoxy) is 1. The Morgan fingerprint density at radius 1 is 1.44 bits per heavy atom. The van der Waals surface area contributed by atoms with E-state index in [0.29, 0.717) is 0 Å². The van der Waals surface area contributed by atoms with Gasteiger partial charge in [-0.2, -0.15) is 8.42 Å². The highest BCUT2D eigenvalue weighted by atomic mass is 32.3. The first-order chi connectivity index (χ1) is 7.90. The number of alkyl halides is 1. The molecule has 0 saturated carbocycles. The first-order valence-corrected chi connectivity index (χ1v) is 7.05. The van der Waals surface area contributed by atoms with Crippen molar-refractivity contribution in [3.8, 4) is 0 Å². The number of hydrogen-bond acceptors (Lipinski definition) is 4. The van der Waals surface area contributed by atoms with Crippen LogP contribution in [0.1, 0.15) is 27.2 Å². The highest BCUT2D eigenvalue weighted by molar-refractivity contribution is 7.86. The van der Waals surface area contributed by atoms with E-state index in [9.17, 15) is 21.5 Å². The molecule has 0 aromatic carbocycles. The van der Waals surface area contributed by atoms with Gasteiger partial charge >= 0.3 is 16.3 Å². The van der Waals surface area contributed by atoms with Gasteiger partial charge in [0.2, 0.25) is 0 Å². The Kier molecular flexibility index (Phi) is 3.90. The van der Waals surface area contributed by atoms with Gasteiger partial charge in [-0.15, -0.1) is 3.89 Å². The Bertz CT molecular complexity index is 432. The molecule has 0 spiro atoms. The van der Waals surface area contributed by atoms with Crippen molar-refractivity contribution in [3.63, 3.8) is 0 Å². The number of carbonyl (C=O) groups excluding carboxylic acids is 1. The number of rotatable bonds is 2. The summed E-state index contributed by atoms with van der Waals surface area (Å²) >= 11 is 0. The fraction of sp³-hybridized carbons (Fsp3) is 0.900. The van der Waals surface area contributed by atoms with E-state index in [4.69, 9.17) is 4.74 Å². The minimum atomic E-state index is -4.90. The Hall–Kier alpha value is -0.920. The lowest BCUT2D eigenvalue weighted by Crippen LogP contribution is -2.39. The first-order valence-electron chi connectivity index (χ1n) is 5.49. The Labute approximate surface area is 105 Å². The van der Waals surface area contributed by atoms with Crippen molar-refractivity contribution < 1.29 is 26.2 Å². The molecule has 1 saturated heterocycles. The maximum absolute atomic E-state index is 14.0. The van der Waals surface area contributed by atoms with Crippen LogP contribution in [0.3, 0.4) is 0 Å². The summed E-state index contributed by atoms with van der Waals surface area (Å²) in [6.07, 6.45) is -0.937. The van der Waals surface area contributed by atoms with Crippen LogP contribution in [0, 0.1) is 0 Å². The van der Waals surface area contributed by atoms with Crippen LogP contribution in [0.15, 0.2) is 0 Å². The number of carbonyl (C=O) groups is 1. The average Bonchev–Trinajstić information content (AvgIpc) is 2.40. The van der Waals surface area contributed by atoms with E-state index in [2.05, 4.69) is 0 Å². The zero-order valence-corrected chi connectivity index (χ0v) is 11.4. The molecule has 0 bridgehead atoms. The standard InChI is InChI=1S/C10H17F2NO4S/c1-9(2,3)17-8(14)13-5-4-10(11,6-13)7-18(12,15)16/h4-7H2,1-3H3. The summed E-state index contributed by atoms with van der Waals surface area (Å²) in [5.74, 6) is -1.22. The molecule has 1 unspecified atom stereocenters. The molecule has 0 aliphatic carbocycles. The molecule has 1 amide bonds. The number of likely N-dealkylation sites (tertiary alicyclic amines) is 1. The Morgan fingerprint density at radius 2 is 2.00 bits per heavy atom. The van der Waals surface area contributed by atoms with Crippen LogP contribution in [-0.4, -0.2) is 49.5 Å². The van der Waals surface area contributed by atoms with Crippen LogP contribution in [0.5, 0.6) is 0 Å². The molecule has 106 valence electrons. The number of halogens is 2. The van der Waals surface area contributed by atoms with Gasteiger partial charge in [0.15, 0.2) is 0 Å². The van der Waals surface area contributed by atoms with Crippen molar-refractivity contribution in [1.82, 2.24) is 4.90 Å². The van der Waals surface area contributed by atoms with E-state index < -0.39 is 39.9 Å². The van der Waals surface area contributed by atoms with Gasteiger partial charge in [-0.1, -0.05) is 0 Å². The summed E-state index contributed by atoms with van der Waals surface area (Å²) in [7, 11) is -4.90. The second kappa shape index (κ2) is 4.64. The molecule has 1 aliphatic heterocycles. The third kappa shape index (κ3) is 4.75. The molecule has 0 aromatic heterocycles. The zero-order chi connectivity index (χ0) is 14.2. The fourth-order valence-corrected chi connectivity index (χ4v) is 2.60. The van der Waals surface area contributed by atoms with Crippen LogP contribution in [0.2, 0.25) is 0 Å². The molecule has 1 rings (SSSR count). The minimum absolute atomic E-state index is 0.0148. The normalized spacial score (nSPS) is 25.3. The van der Waals surface area contributed by atoms with Gasteiger partial charge in [0.25, 0.3) is 0 Å². The third-order valence-corrected chi connectivity index (χ3v) is 3.25. The van der Waals surface area contributed by atoms with Gasteiger partial charge in [-0.25, -0.2) is 9.18 Å². The van der Waals surface area contributed by atoms with Crippen LogP contribution >= 0.6 is 0 Å². The highest BCUT2D eigenvalue weighted by Gasteiger charge is 2.44. The van der Waals surface area contributed by atoms with Crippen molar-refractivity contribution in [2.75, 3.05) is 18.8 Å². The van der Waals surface area contributed by atoms with Gasteiger partial charge in [-0.3, -0.25) is 0 Å². The number of hydrogen-bond donors (Lipinski definition) is 0. The average molecular weight is 285 g/mol. The Balaban J connectivity index is 2.63. The lowest BCUT2D eigenvalue weighted by molar-refractivity contribution is 0.0265. The van der Waals surface area contributed by atoms with E-state index in [1.165, 1.54) is 0 Å². The number of nitrogens with zero attached hydrogens (tertiary/aromatic N) is 1. The predicted octanol–water partition coefficient (Wildman–Crippen LogP) is 1.63. The Morgan fingerprint density at radius 3 is 2.44 bits per heavy atom. The van der Waals surface area contributed by atoms with E-state index in [-0.39, 0.29) is 13.0 Å². The first kappa shape index (κ1) is 15.1. The maximum atomic E-state index is 14.0. The molecule has 5 nitrogen and oxygen atoms in total. The lowest BCUT2D eigenvalue weighted by Gasteiger charge is -2.25. The monoisotopic (exact) mass is 285 g/mol. The van der Waals surface area contributed by atoms with Crippen molar-refractivity contribution in [2.45, 2.75) is 38.5 Å². The lowest BCUT2D eigenvalue weighted by atomic mass is 10.1. The molecule has 1 atom stereocenters. The van der Waals surface area contributed by atoms with E-state index in [1.807, 2.05) is 0 Å². The van der Waals surface area contributed by atoms with Crippen LogP contribution < -0.4 is 0 Å². The second-order valence-electron chi connectivity index (χ2n) is 5.49. The van der Waals surface area contributed by atoms with E-state index in [0.717, 1.165) is 4.90 Å². The quantitative estimate of drug-likeness (QED) is 0.723. The number of amides is 1. The van der Waals surface area contributed by atoms with Gasteiger partial charge in [0.1, 0.15) is 17.0 Å². The molecular weight excluding hydrogens is 268 g/mol. The van der Waals surface area contributed by atoms with Crippen molar-refractivity contribution >= 4 is 16.3 Å². The summed E-state index contributed by atoms with van der Waals surface area (Å²) in [6.45, 7) is 4.53. The molecule has 8 heteroatoms. The molecule has 1 heterocycles. The summed E-state index contributed by atoms with van der Waals surface area (Å²) in [5, 5.41) is 0. The van der Waals surface area contributed by atoms with Crippen molar-refractivity contribution in [1.29, 1.82) is 0 Å². The van der Waals surface area contributed by atoms with Gasteiger partial charge in [0.05, 0.1) is 6.54 Å². The summed E-state index contributed by atoms with van der Waals surface area (Å²) < 4.78 is 52.4. The summed E-state index contributed by atoms with van der Waals surface area (Å²) in [6, 6.07) is 0. The molecule has 18 heavy (non-hydrogen) atoms.